The molecule has 58 heavy (non-hydrogen) atoms. The molecular formula is C49H54Cl2F6Zr-2. The van der Waals surface area contributed by atoms with Crippen LogP contribution in [0.3, 0.4) is 0 Å². The van der Waals surface area contributed by atoms with Crippen LogP contribution in [0.2, 0.25) is 0 Å². The monoisotopic (exact) mass is 916 g/mol. The van der Waals surface area contributed by atoms with Crippen LogP contribution < -0.4 is 24.8 Å². The van der Waals surface area contributed by atoms with Crippen molar-refractivity contribution in [3.63, 3.8) is 0 Å². The van der Waals surface area contributed by atoms with Gasteiger partial charge in [-0.25, -0.2) is 6.08 Å². The van der Waals surface area contributed by atoms with E-state index >= 15 is 0 Å². The maximum absolute atomic E-state index is 12.5. The summed E-state index contributed by atoms with van der Waals surface area (Å²) in [5.74, 6) is 0.592. The molecule has 1 unspecified atom stereocenters. The molecule has 0 bridgehead atoms. The summed E-state index contributed by atoms with van der Waals surface area (Å²) in [5.41, 5.74) is 10.1. The fourth-order valence-electron chi connectivity index (χ4n) is 6.41. The molecule has 0 nitrogen and oxygen atoms in total. The number of halogens is 8. The van der Waals surface area contributed by atoms with Crippen molar-refractivity contribution >= 4 is 3.21 Å². The van der Waals surface area contributed by atoms with Gasteiger partial charge in [-0.15, -0.1) is 11.1 Å². The minimum Gasteiger partial charge on any atom is -1.00 e. The largest absolute Gasteiger partial charge is 1.00 e. The van der Waals surface area contributed by atoms with Crippen molar-refractivity contribution in [3.8, 4) is 11.1 Å². The maximum atomic E-state index is 12.5. The molecule has 9 heteroatoms. The van der Waals surface area contributed by atoms with Crippen LogP contribution in [0.25, 0.3) is 11.1 Å². The van der Waals surface area contributed by atoms with Crippen LogP contribution in [0.4, 0.5) is 26.3 Å². The van der Waals surface area contributed by atoms with Crippen LogP contribution in [-0.4, -0.2) is 3.21 Å². The predicted molar refractivity (Wildman–Crippen MR) is 215 cm³/mol. The first kappa shape index (κ1) is 51.4. The Hall–Kier alpha value is -2.73. The van der Waals surface area contributed by atoms with Crippen LogP contribution in [-0.2, 0) is 53.8 Å². The molecule has 4 aromatic rings. The molecule has 0 radical (unpaired) electrons. The predicted octanol–water partition coefficient (Wildman–Crippen LogP) is 8.64. The molecule has 2 aliphatic rings. The summed E-state index contributed by atoms with van der Waals surface area (Å²) in [5, 5.41) is 0. The molecule has 0 heterocycles. The average Bonchev–Trinajstić information content (AvgIpc) is 3.74. The zero-order valence-corrected chi connectivity index (χ0v) is 39.1. The number of alkyl halides is 6. The molecule has 312 valence electrons. The van der Waals surface area contributed by atoms with Crippen LogP contribution >= 0.6 is 0 Å². The van der Waals surface area contributed by atoms with Gasteiger partial charge in [0, 0.05) is 0 Å². The van der Waals surface area contributed by atoms with Crippen molar-refractivity contribution < 1.29 is 75.4 Å². The number of fused-ring (bicyclic) bond motifs is 3. The van der Waals surface area contributed by atoms with E-state index in [0.29, 0.717) is 25.7 Å². The molecule has 0 aliphatic heterocycles. The Morgan fingerprint density at radius 1 is 0.638 bits per heavy atom. The van der Waals surface area contributed by atoms with Gasteiger partial charge in [-0.2, -0.15) is 35.4 Å². The van der Waals surface area contributed by atoms with E-state index < -0.39 is 23.5 Å². The third-order valence-electron chi connectivity index (χ3n) is 10.0. The Bertz CT molecular complexity index is 1910. The Labute approximate surface area is 370 Å². The van der Waals surface area contributed by atoms with Crippen molar-refractivity contribution in [2.24, 2.45) is 11.3 Å². The maximum Gasteiger partial charge on any atom is -1.00 e. The molecule has 4 aromatic carbocycles. The number of allylic oxidation sites excluding steroid dienone is 4. The number of rotatable bonds is 5. The SMILES string of the molecule is CC(C)(C)c1[c-]c2c(cc1)-c1ccc(C(C)(C)C)cc1C2.CCCCC1[C-]=CC(C(C)(C)C)=C1.FC(F)(F)c1ccc([C](=[Zr+2])c2ccc(C(F)(F)F)cc2)cc1.[Cl-].[Cl-]. The molecule has 0 spiro atoms. The summed E-state index contributed by atoms with van der Waals surface area (Å²) in [7, 11) is 0. The van der Waals surface area contributed by atoms with Gasteiger partial charge < -0.3 is 24.8 Å². The summed E-state index contributed by atoms with van der Waals surface area (Å²) in [4.78, 5) is 0. The number of unbranched alkanes of at least 4 members (excludes halogenated alkanes) is 1. The van der Waals surface area contributed by atoms with E-state index in [1.807, 2.05) is 0 Å². The van der Waals surface area contributed by atoms with Crippen LogP contribution in [0.15, 0.2) is 96.6 Å². The van der Waals surface area contributed by atoms with Crippen molar-refractivity contribution in [1.82, 2.24) is 0 Å². The molecule has 0 aromatic heterocycles. The Balaban J connectivity index is 0.000000305. The van der Waals surface area contributed by atoms with Crippen molar-refractivity contribution in [3.05, 3.63) is 153 Å². The second-order valence-corrected chi connectivity index (χ2v) is 19.0. The van der Waals surface area contributed by atoms with Gasteiger partial charge in [-0.3, -0.25) is 6.08 Å². The molecular weight excluding hydrogens is 865 g/mol. The third kappa shape index (κ3) is 13.9. The molecule has 0 saturated heterocycles. The molecule has 1 atom stereocenters. The minimum absolute atomic E-state index is 0. The van der Waals surface area contributed by atoms with E-state index in [1.54, 1.807) is 0 Å². The fraction of sp³-hybridized carbons (Fsp3) is 0.408. The number of hydrogen-bond acceptors (Lipinski definition) is 0. The van der Waals surface area contributed by atoms with E-state index in [4.69, 9.17) is 0 Å². The van der Waals surface area contributed by atoms with Gasteiger partial charge in [-0.1, -0.05) is 124 Å². The van der Waals surface area contributed by atoms with Gasteiger partial charge in [-0.05, 0) is 28.4 Å². The zero-order valence-electron chi connectivity index (χ0n) is 35.1. The molecule has 0 fully saturated rings. The summed E-state index contributed by atoms with van der Waals surface area (Å²) < 4.78 is 75.6. The Morgan fingerprint density at radius 2 is 1.12 bits per heavy atom. The summed E-state index contributed by atoms with van der Waals surface area (Å²) in [6, 6.07) is 24.3. The van der Waals surface area contributed by atoms with Gasteiger partial charge in [0.25, 0.3) is 0 Å². The first-order valence-electron chi connectivity index (χ1n) is 19.2. The second kappa shape index (κ2) is 20.2. The molecule has 6 rings (SSSR count). The topological polar surface area (TPSA) is 0 Å². The van der Waals surface area contributed by atoms with Crippen molar-refractivity contribution in [2.45, 2.75) is 118 Å². The van der Waals surface area contributed by atoms with Gasteiger partial charge in [0.05, 0.1) is 0 Å². The summed E-state index contributed by atoms with van der Waals surface area (Å²) in [6.07, 6.45) is 4.08. The third-order valence-corrected chi connectivity index (χ3v) is 11.5. The Kier molecular flexibility index (Phi) is 17.9. The van der Waals surface area contributed by atoms with E-state index in [0.717, 1.165) is 54.9 Å². The van der Waals surface area contributed by atoms with E-state index in [9.17, 15) is 26.3 Å². The first-order chi connectivity index (χ1) is 25.8. The Morgan fingerprint density at radius 3 is 1.53 bits per heavy atom. The first-order valence-corrected chi connectivity index (χ1v) is 20.5. The fourth-order valence-corrected chi connectivity index (χ4v) is 7.23. The normalized spacial score (nSPS) is 14.7. The summed E-state index contributed by atoms with van der Waals surface area (Å²) in [6.45, 7) is 22.6. The average molecular weight is 919 g/mol. The van der Waals surface area contributed by atoms with Gasteiger partial charge in [0.1, 0.15) is 0 Å². The minimum atomic E-state index is -4.41. The number of benzene rings is 4. The quantitative estimate of drug-likeness (QED) is 0.123. The standard InChI is InChI=1S/C21H25.C15H8F6.C13H21.2ClH.Zr/c1-20(2,3)16-7-9-18-14(12-16)11-15-13-17(21(4,5)6)8-10-19(15)18;16-14(17,18)12-5-1-10(2-6-12)9-11-3-7-13(8-4-11)15(19,20)21;1-5-6-7-11-8-9-12(10-11)13(2,3)4;;;/h7-10,12H,11H2,1-6H3;1-8H;9-11H,5-7H2,1-4H3;2*1H;/q-1;;-1;;;+2/p-2. The zero-order chi connectivity index (χ0) is 41.9. The van der Waals surface area contributed by atoms with Crippen LogP contribution in [0.1, 0.15) is 133 Å². The van der Waals surface area contributed by atoms with Gasteiger partial charge in [0.15, 0.2) is 0 Å². The molecule has 0 saturated carbocycles. The van der Waals surface area contributed by atoms with Crippen molar-refractivity contribution in [1.29, 1.82) is 0 Å². The van der Waals surface area contributed by atoms with Gasteiger partial charge >= 0.3 is 137 Å². The molecule has 0 amide bonds. The molecule has 2 aliphatic carbocycles. The van der Waals surface area contributed by atoms with E-state index in [2.05, 4.69) is 124 Å². The van der Waals surface area contributed by atoms with Crippen LogP contribution in [0, 0.1) is 23.5 Å². The smallest absolute Gasteiger partial charge is 1.00 e. The second-order valence-electron chi connectivity index (χ2n) is 17.8. The number of hydrogen-bond donors (Lipinski definition) is 0. The summed E-state index contributed by atoms with van der Waals surface area (Å²) >= 11 is 0.898. The van der Waals surface area contributed by atoms with E-state index in [1.165, 1.54) is 82.5 Å². The van der Waals surface area contributed by atoms with Crippen LogP contribution in [0.5, 0.6) is 0 Å². The molecule has 0 N–H and O–H groups in total. The van der Waals surface area contributed by atoms with E-state index in [-0.39, 0.29) is 35.6 Å². The van der Waals surface area contributed by atoms with Crippen molar-refractivity contribution in [2.75, 3.05) is 0 Å². The van der Waals surface area contributed by atoms with Gasteiger partial charge in [0.2, 0.25) is 0 Å².